The van der Waals surface area contributed by atoms with E-state index in [1.165, 1.54) is 17.3 Å². The van der Waals surface area contributed by atoms with Crippen LogP contribution in [0.15, 0.2) is 23.3 Å². The lowest BCUT2D eigenvalue weighted by atomic mass is 9.94. The number of hydroxylamine groups is 2. The lowest BCUT2D eigenvalue weighted by Crippen LogP contribution is -2.52. The summed E-state index contributed by atoms with van der Waals surface area (Å²) in [7, 11) is 0. The molecule has 2 rings (SSSR count). The molecule has 1 aliphatic heterocycles. The van der Waals surface area contributed by atoms with E-state index < -0.39 is 11.5 Å². The van der Waals surface area contributed by atoms with Crippen LogP contribution in [0.4, 0.5) is 10.1 Å². The maximum atomic E-state index is 13.7. The Bertz CT molecular complexity index is 682. The minimum Gasteiger partial charge on any atom is -0.322 e. The Labute approximate surface area is 147 Å². The largest absolute Gasteiger partial charge is 0.322 e. The summed E-state index contributed by atoms with van der Waals surface area (Å²) in [6.07, 6.45) is 5.23. The molecule has 8 heteroatoms. The second-order valence-corrected chi connectivity index (χ2v) is 7.51. The number of aliphatic imine (C=N–C) groups is 1. The molecule has 1 unspecified atom stereocenters. The predicted molar refractivity (Wildman–Crippen MR) is 93.4 cm³/mol. The van der Waals surface area contributed by atoms with E-state index in [2.05, 4.69) is 20.6 Å². The minimum absolute atomic E-state index is 0.130. The van der Waals surface area contributed by atoms with Crippen LogP contribution in [-0.2, 0) is 0 Å². The Hall–Kier alpha value is -2.24. The van der Waals surface area contributed by atoms with Crippen LogP contribution < -0.4 is 10.6 Å². The maximum absolute atomic E-state index is 13.7. The number of nitrogens with zero attached hydrogens (tertiary/aromatic N) is 4. The van der Waals surface area contributed by atoms with Crippen LogP contribution in [0.25, 0.3) is 0 Å². The summed E-state index contributed by atoms with van der Waals surface area (Å²) in [5.74, 6) is -0.502. The summed E-state index contributed by atoms with van der Waals surface area (Å²) in [6, 6.07) is 2.98. The number of aromatic nitrogens is 1. The number of nitrogens with one attached hydrogen (secondary N) is 2. The molecule has 1 saturated heterocycles. The first-order valence-corrected chi connectivity index (χ1v) is 8.25. The highest BCUT2D eigenvalue weighted by Gasteiger charge is 2.41. The van der Waals surface area contributed by atoms with Gasteiger partial charge in [0.2, 0.25) is 11.9 Å². The first-order valence-electron chi connectivity index (χ1n) is 8.25. The molecule has 0 aromatic carbocycles. The Kier molecular flexibility index (Phi) is 5.60. The van der Waals surface area contributed by atoms with Gasteiger partial charge in [0.05, 0.1) is 11.7 Å². The van der Waals surface area contributed by atoms with Gasteiger partial charge in [-0.1, -0.05) is 0 Å². The zero-order valence-corrected chi connectivity index (χ0v) is 15.0. The van der Waals surface area contributed by atoms with Gasteiger partial charge in [-0.25, -0.2) is 9.98 Å². The number of anilines is 1. The third kappa shape index (κ3) is 4.65. The first kappa shape index (κ1) is 19.1. The van der Waals surface area contributed by atoms with Gasteiger partial charge in [-0.2, -0.15) is 14.7 Å². The molecular formula is C17H25FN6O. The van der Waals surface area contributed by atoms with Crippen molar-refractivity contribution in [2.75, 3.05) is 5.32 Å². The van der Waals surface area contributed by atoms with E-state index in [1.807, 2.05) is 33.9 Å². The quantitative estimate of drug-likeness (QED) is 0.250. The van der Waals surface area contributed by atoms with Crippen molar-refractivity contribution >= 4 is 11.6 Å². The van der Waals surface area contributed by atoms with E-state index in [1.54, 1.807) is 6.07 Å². The lowest BCUT2D eigenvalue weighted by Gasteiger charge is -2.42. The van der Waals surface area contributed by atoms with Crippen molar-refractivity contribution in [1.82, 2.24) is 15.4 Å². The van der Waals surface area contributed by atoms with E-state index in [0.29, 0.717) is 6.42 Å². The molecule has 1 aromatic heterocycles. The summed E-state index contributed by atoms with van der Waals surface area (Å²) in [4.78, 5) is 8.13. The van der Waals surface area contributed by atoms with Crippen molar-refractivity contribution in [3.05, 3.63) is 24.3 Å². The maximum Gasteiger partial charge on any atom is 0.236 e. The molecule has 1 fully saturated rings. The molecule has 136 valence electrons. The van der Waals surface area contributed by atoms with Crippen LogP contribution in [0.3, 0.4) is 0 Å². The van der Waals surface area contributed by atoms with Gasteiger partial charge >= 0.3 is 0 Å². The smallest absolute Gasteiger partial charge is 0.236 e. The summed E-state index contributed by atoms with van der Waals surface area (Å²) in [6.45, 7) is 7.87. The zero-order chi connectivity index (χ0) is 18.7. The number of guanidine groups is 1. The first-order chi connectivity index (χ1) is 11.7. The Morgan fingerprint density at radius 2 is 2.16 bits per heavy atom. The summed E-state index contributed by atoms with van der Waals surface area (Å²) in [5.41, 5.74) is -0.716. The predicted octanol–water partition coefficient (Wildman–Crippen LogP) is 2.86. The molecule has 2 heterocycles. The summed E-state index contributed by atoms with van der Waals surface area (Å²) in [5, 5.41) is 26.1. The summed E-state index contributed by atoms with van der Waals surface area (Å²) < 4.78 is 13.7. The Morgan fingerprint density at radius 1 is 1.44 bits per heavy atom. The van der Waals surface area contributed by atoms with Crippen LogP contribution in [0, 0.1) is 17.4 Å². The lowest BCUT2D eigenvalue weighted by molar-refractivity contribution is -0.221. The van der Waals surface area contributed by atoms with E-state index in [9.17, 15) is 9.60 Å². The van der Waals surface area contributed by atoms with Crippen molar-refractivity contribution in [3.63, 3.8) is 0 Å². The fourth-order valence-corrected chi connectivity index (χ4v) is 3.26. The highest BCUT2D eigenvalue weighted by atomic mass is 19.1. The van der Waals surface area contributed by atoms with Crippen molar-refractivity contribution < 1.29 is 9.60 Å². The van der Waals surface area contributed by atoms with Crippen LogP contribution in [0.1, 0.15) is 47.0 Å². The molecule has 0 spiro atoms. The molecule has 1 aromatic rings. The number of hydrogen-bond donors (Lipinski definition) is 3. The molecule has 0 aliphatic carbocycles. The van der Waals surface area contributed by atoms with Gasteiger partial charge in [0.15, 0.2) is 6.19 Å². The Balaban J connectivity index is 2.24. The van der Waals surface area contributed by atoms with Gasteiger partial charge < -0.3 is 10.5 Å². The highest BCUT2D eigenvalue weighted by molar-refractivity contribution is 5.94. The molecule has 0 amide bonds. The Morgan fingerprint density at radius 3 is 2.80 bits per heavy atom. The van der Waals surface area contributed by atoms with E-state index in [-0.39, 0.29) is 23.2 Å². The molecule has 0 radical (unpaired) electrons. The van der Waals surface area contributed by atoms with Crippen LogP contribution in [-0.4, -0.2) is 38.3 Å². The molecule has 3 N–H and O–H groups in total. The number of nitriles is 1. The van der Waals surface area contributed by atoms with Crippen LogP contribution >= 0.6 is 0 Å². The standard InChI is InChI=1S/C17H25FN6O/c1-16(2)8-7-12(10-17(3,4)24(16)25)22-15(21-11-19)23-13-6-5-9-20-14(13)18/h5-6,9,12,25H,7-8,10H2,1-4H3,(H2,21,22,23). The second-order valence-electron chi connectivity index (χ2n) is 7.51. The van der Waals surface area contributed by atoms with Gasteiger partial charge in [-0.05, 0) is 59.1 Å². The zero-order valence-electron chi connectivity index (χ0n) is 15.0. The van der Waals surface area contributed by atoms with Crippen molar-refractivity contribution in [2.24, 2.45) is 4.99 Å². The van der Waals surface area contributed by atoms with Crippen molar-refractivity contribution in [3.8, 4) is 6.19 Å². The molecule has 0 saturated carbocycles. The van der Waals surface area contributed by atoms with Crippen LogP contribution in [0.2, 0.25) is 0 Å². The molecule has 25 heavy (non-hydrogen) atoms. The number of halogens is 1. The van der Waals surface area contributed by atoms with E-state index in [4.69, 9.17) is 5.26 Å². The summed E-state index contributed by atoms with van der Waals surface area (Å²) >= 11 is 0. The molecular weight excluding hydrogens is 323 g/mol. The van der Waals surface area contributed by atoms with Gasteiger partial charge in [-0.3, -0.25) is 5.32 Å². The number of rotatable bonds is 2. The average Bonchev–Trinajstić information content (AvgIpc) is 2.60. The molecule has 1 atom stereocenters. The van der Waals surface area contributed by atoms with Gasteiger partial charge in [0, 0.05) is 17.3 Å². The fourth-order valence-electron chi connectivity index (χ4n) is 3.26. The van der Waals surface area contributed by atoms with E-state index >= 15 is 0 Å². The number of pyridine rings is 1. The van der Waals surface area contributed by atoms with Crippen molar-refractivity contribution in [2.45, 2.75) is 64.1 Å². The van der Waals surface area contributed by atoms with Crippen LogP contribution in [0.5, 0.6) is 0 Å². The third-order valence-electron chi connectivity index (χ3n) is 4.47. The van der Waals surface area contributed by atoms with Gasteiger partial charge in [0.1, 0.15) is 0 Å². The number of hydrogen-bond acceptors (Lipinski definition) is 5. The van der Waals surface area contributed by atoms with Gasteiger partial charge in [0.25, 0.3) is 0 Å². The third-order valence-corrected chi connectivity index (χ3v) is 4.47. The molecule has 0 bridgehead atoms. The van der Waals surface area contributed by atoms with Crippen molar-refractivity contribution in [1.29, 1.82) is 5.26 Å². The SMILES string of the molecule is CC1(C)CCC(N=C(NC#N)Nc2cccnc2F)CC(C)(C)N1O. The second kappa shape index (κ2) is 7.33. The minimum atomic E-state index is -0.668. The topological polar surface area (TPSA) is 96.6 Å². The average molecular weight is 348 g/mol. The fraction of sp³-hybridized carbons (Fsp3) is 0.588. The highest BCUT2D eigenvalue weighted by Crippen LogP contribution is 2.36. The monoisotopic (exact) mass is 348 g/mol. The van der Waals surface area contributed by atoms with Gasteiger partial charge in [-0.15, -0.1) is 0 Å². The normalized spacial score (nSPS) is 23.4. The van der Waals surface area contributed by atoms with E-state index in [0.717, 1.165) is 12.8 Å². The molecule has 7 nitrogen and oxygen atoms in total. The molecule has 1 aliphatic rings.